The van der Waals surface area contributed by atoms with Crippen molar-refractivity contribution in [2.45, 2.75) is 19.4 Å². The molecule has 1 N–H and O–H groups in total. The third-order valence-corrected chi connectivity index (χ3v) is 2.67. The summed E-state index contributed by atoms with van der Waals surface area (Å²) in [5.41, 5.74) is -0.115. The number of aromatic nitrogens is 3. The Labute approximate surface area is 117 Å². The Morgan fingerprint density at radius 3 is 2.60 bits per heavy atom. The molecule has 2 rings (SSSR count). The lowest BCUT2D eigenvalue weighted by molar-refractivity contribution is 0.0361. The van der Waals surface area contributed by atoms with Gasteiger partial charge >= 0.3 is 0 Å². The fourth-order valence-corrected chi connectivity index (χ4v) is 1.89. The Bertz CT molecular complexity index is 587. The zero-order valence-electron chi connectivity index (χ0n) is 11.8. The summed E-state index contributed by atoms with van der Waals surface area (Å²) in [7, 11) is 1.61. The molecule has 0 aliphatic heterocycles. The van der Waals surface area contributed by atoms with E-state index in [1.165, 1.54) is 11.2 Å². The quantitative estimate of drug-likeness (QED) is 0.906. The molecule has 0 spiro atoms. The first kappa shape index (κ1) is 14.2. The minimum Gasteiger partial charge on any atom is -0.389 e. The lowest BCUT2D eigenvalue weighted by Crippen LogP contribution is -2.40. The van der Waals surface area contributed by atoms with Gasteiger partial charge in [-0.25, -0.2) is 9.67 Å². The van der Waals surface area contributed by atoms with Gasteiger partial charge in [0.25, 0.3) is 5.91 Å². The smallest absolute Gasteiger partial charge is 0.293 e. The van der Waals surface area contributed by atoms with E-state index in [4.69, 9.17) is 0 Å². The highest BCUT2D eigenvalue weighted by molar-refractivity contribution is 5.90. The van der Waals surface area contributed by atoms with Crippen LogP contribution in [0.15, 0.2) is 36.7 Å². The predicted molar refractivity (Wildman–Crippen MR) is 74.6 cm³/mol. The zero-order valence-corrected chi connectivity index (χ0v) is 11.8. The Morgan fingerprint density at radius 1 is 1.35 bits per heavy atom. The van der Waals surface area contributed by atoms with Gasteiger partial charge in [-0.05, 0) is 26.0 Å². The van der Waals surface area contributed by atoms with Crippen LogP contribution in [0.3, 0.4) is 0 Å². The molecule has 0 aliphatic rings. The number of likely N-dealkylation sites (N-methyl/N-ethyl adjacent to an activating group) is 1. The molecule has 1 amide bonds. The summed E-state index contributed by atoms with van der Waals surface area (Å²) in [6, 6.07) is 9.44. The second kappa shape index (κ2) is 5.42. The van der Waals surface area contributed by atoms with Gasteiger partial charge in [-0.2, -0.15) is 0 Å². The fourth-order valence-electron chi connectivity index (χ4n) is 1.89. The summed E-state index contributed by atoms with van der Waals surface area (Å²) in [5, 5.41) is 13.9. The van der Waals surface area contributed by atoms with Crippen LogP contribution in [0.5, 0.6) is 0 Å². The number of para-hydroxylation sites is 1. The van der Waals surface area contributed by atoms with Crippen molar-refractivity contribution < 1.29 is 9.90 Å². The lowest BCUT2D eigenvalue weighted by atomic mass is 10.1. The van der Waals surface area contributed by atoms with Crippen molar-refractivity contribution >= 4 is 5.91 Å². The van der Waals surface area contributed by atoms with Crippen LogP contribution >= 0.6 is 0 Å². The third kappa shape index (κ3) is 3.42. The molecular formula is C14H18N4O2. The molecule has 0 aliphatic carbocycles. The van der Waals surface area contributed by atoms with E-state index in [-0.39, 0.29) is 18.3 Å². The van der Waals surface area contributed by atoms with E-state index in [9.17, 15) is 9.90 Å². The summed E-state index contributed by atoms with van der Waals surface area (Å²) in [6.45, 7) is 3.51. The van der Waals surface area contributed by atoms with Crippen molar-refractivity contribution in [3.8, 4) is 5.69 Å². The average Bonchev–Trinajstić information content (AvgIpc) is 2.86. The maximum atomic E-state index is 12.1. The molecule has 0 atom stereocenters. The Kier molecular flexibility index (Phi) is 3.85. The van der Waals surface area contributed by atoms with Crippen LogP contribution in [0, 0.1) is 0 Å². The molecule has 6 heteroatoms. The second-order valence-corrected chi connectivity index (χ2v) is 5.32. The van der Waals surface area contributed by atoms with Gasteiger partial charge in [0.05, 0.1) is 11.3 Å². The van der Waals surface area contributed by atoms with Gasteiger partial charge in [0.15, 0.2) is 0 Å². The number of amides is 1. The van der Waals surface area contributed by atoms with E-state index in [1.54, 1.807) is 25.6 Å². The first-order valence-corrected chi connectivity index (χ1v) is 6.32. The molecule has 0 fully saturated rings. The molecule has 1 heterocycles. The van der Waals surface area contributed by atoms with Crippen LogP contribution in [0.2, 0.25) is 0 Å². The average molecular weight is 274 g/mol. The summed E-state index contributed by atoms with van der Waals surface area (Å²) >= 11 is 0. The number of benzene rings is 1. The molecule has 0 saturated carbocycles. The van der Waals surface area contributed by atoms with Crippen molar-refractivity contribution in [2.24, 2.45) is 0 Å². The van der Waals surface area contributed by atoms with Crippen LogP contribution in [0.25, 0.3) is 5.69 Å². The van der Waals surface area contributed by atoms with Gasteiger partial charge in [-0.1, -0.05) is 18.2 Å². The highest BCUT2D eigenvalue weighted by Crippen LogP contribution is 2.08. The Morgan fingerprint density at radius 2 is 2.00 bits per heavy atom. The van der Waals surface area contributed by atoms with E-state index >= 15 is 0 Å². The Balaban J connectivity index is 2.15. The minimum absolute atomic E-state index is 0.112. The summed E-state index contributed by atoms with van der Waals surface area (Å²) in [6.07, 6.45) is 1.50. The number of nitrogens with zero attached hydrogens (tertiary/aromatic N) is 4. The van der Waals surface area contributed by atoms with Crippen LogP contribution in [0.1, 0.15) is 24.5 Å². The number of aliphatic hydroxyl groups is 1. The highest BCUT2D eigenvalue weighted by Gasteiger charge is 2.22. The highest BCUT2D eigenvalue weighted by atomic mass is 16.3. The maximum Gasteiger partial charge on any atom is 0.293 e. The molecule has 0 radical (unpaired) electrons. The molecule has 106 valence electrons. The molecule has 20 heavy (non-hydrogen) atoms. The number of hydrogen-bond acceptors (Lipinski definition) is 4. The number of hydrogen-bond donors (Lipinski definition) is 1. The van der Waals surface area contributed by atoms with Gasteiger partial charge in [0, 0.05) is 13.6 Å². The van der Waals surface area contributed by atoms with Crippen LogP contribution in [-0.2, 0) is 0 Å². The van der Waals surface area contributed by atoms with E-state index in [0.717, 1.165) is 5.69 Å². The van der Waals surface area contributed by atoms with Gasteiger partial charge in [-0.15, -0.1) is 5.10 Å². The van der Waals surface area contributed by atoms with Crippen molar-refractivity contribution in [3.63, 3.8) is 0 Å². The van der Waals surface area contributed by atoms with Gasteiger partial charge in [-0.3, -0.25) is 4.79 Å². The van der Waals surface area contributed by atoms with Gasteiger partial charge in [0.1, 0.15) is 6.33 Å². The van der Waals surface area contributed by atoms with Crippen molar-refractivity contribution in [2.75, 3.05) is 13.6 Å². The van der Waals surface area contributed by atoms with E-state index < -0.39 is 5.60 Å². The predicted octanol–water partition coefficient (Wildman–Crippen LogP) is 1.11. The first-order chi connectivity index (χ1) is 9.37. The Hall–Kier alpha value is -2.21. The van der Waals surface area contributed by atoms with E-state index in [1.807, 2.05) is 30.3 Å². The van der Waals surface area contributed by atoms with E-state index in [2.05, 4.69) is 10.1 Å². The molecule has 1 aromatic carbocycles. The molecular weight excluding hydrogens is 256 g/mol. The maximum absolute atomic E-state index is 12.1. The third-order valence-electron chi connectivity index (χ3n) is 2.67. The minimum atomic E-state index is -0.952. The SMILES string of the molecule is CN(CC(C)(C)O)C(=O)c1ncn(-c2ccccc2)n1. The first-order valence-electron chi connectivity index (χ1n) is 6.32. The fraction of sp³-hybridized carbons (Fsp3) is 0.357. The van der Waals surface area contributed by atoms with Crippen molar-refractivity contribution in [3.05, 3.63) is 42.5 Å². The second-order valence-electron chi connectivity index (χ2n) is 5.32. The lowest BCUT2D eigenvalue weighted by Gasteiger charge is -2.24. The normalized spacial score (nSPS) is 11.4. The summed E-state index contributed by atoms with van der Waals surface area (Å²) < 4.78 is 1.55. The van der Waals surface area contributed by atoms with Crippen LogP contribution < -0.4 is 0 Å². The molecule has 0 bridgehead atoms. The van der Waals surface area contributed by atoms with Crippen LogP contribution in [-0.4, -0.2) is 49.9 Å². The zero-order chi connectivity index (χ0) is 14.8. The molecule has 6 nitrogen and oxygen atoms in total. The molecule has 0 unspecified atom stereocenters. The topological polar surface area (TPSA) is 71.2 Å². The standard InChI is InChI=1S/C14H18N4O2/c1-14(2,20)9-17(3)13(19)12-15-10-18(16-12)11-7-5-4-6-8-11/h4-8,10,20H,9H2,1-3H3. The molecule has 1 aromatic heterocycles. The monoisotopic (exact) mass is 274 g/mol. The van der Waals surface area contributed by atoms with E-state index in [0.29, 0.717) is 0 Å². The van der Waals surface area contributed by atoms with Gasteiger partial charge < -0.3 is 10.0 Å². The van der Waals surface area contributed by atoms with Gasteiger partial charge in [0.2, 0.25) is 5.82 Å². The van der Waals surface area contributed by atoms with Crippen molar-refractivity contribution in [1.82, 2.24) is 19.7 Å². The molecule has 2 aromatic rings. The summed E-state index contributed by atoms with van der Waals surface area (Å²) in [4.78, 5) is 17.6. The number of carbonyl (C=O) groups is 1. The largest absolute Gasteiger partial charge is 0.389 e. The molecule has 0 saturated heterocycles. The van der Waals surface area contributed by atoms with Crippen LogP contribution in [0.4, 0.5) is 0 Å². The van der Waals surface area contributed by atoms with Crippen molar-refractivity contribution in [1.29, 1.82) is 0 Å². The number of carbonyl (C=O) groups excluding carboxylic acids is 1. The number of rotatable bonds is 4. The summed E-state index contributed by atoms with van der Waals surface area (Å²) in [5.74, 6) is -0.206.